The van der Waals surface area contributed by atoms with Gasteiger partial charge in [0.25, 0.3) is 11.6 Å². The number of aryl methyl sites for hydroxylation is 2. The van der Waals surface area contributed by atoms with E-state index in [9.17, 15) is 10.1 Å². The third kappa shape index (κ3) is 2.94. The molecule has 7 nitrogen and oxygen atoms in total. The molecule has 0 aliphatic heterocycles. The van der Waals surface area contributed by atoms with Crippen molar-refractivity contribution in [1.29, 1.82) is 0 Å². The van der Waals surface area contributed by atoms with Crippen LogP contribution in [0.15, 0.2) is 22.7 Å². The molecule has 19 heavy (non-hydrogen) atoms. The van der Waals surface area contributed by atoms with Gasteiger partial charge in [-0.05, 0) is 25.5 Å². The Bertz CT molecular complexity index is 594. The Labute approximate surface area is 109 Å². The number of rotatable bonds is 5. The number of nitro groups is 1. The van der Waals surface area contributed by atoms with Gasteiger partial charge in [-0.1, -0.05) is 11.2 Å². The predicted molar refractivity (Wildman–Crippen MR) is 68.5 cm³/mol. The van der Waals surface area contributed by atoms with Crippen LogP contribution in [0.4, 0.5) is 5.69 Å². The molecule has 0 bridgehead atoms. The van der Waals surface area contributed by atoms with Crippen LogP contribution in [0.5, 0.6) is 0 Å². The third-order valence-electron chi connectivity index (χ3n) is 2.73. The molecule has 0 fully saturated rings. The van der Waals surface area contributed by atoms with E-state index in [1.165, 1.54) is 12.1 Å². The minimum atomic E-state index is -0.450. The summed E-state index contributed by atoms with van der Waals surface area (Å²) in [5.74, 6) is 0.861. The van der Waals surface area contributed by atoms with Gasteiger partial charge >= 0.3 is 0 Å². The van der Waals surface area contributed by atoms with Crippen LogP contribution in [-0.4, -0.2) is 21.6 Å². The average molecular weight is 262 g/mol. The topological polar surface area (TPSA) is 108 Å². The van der Waals surface area contributed by atoms with Gasteiger partial charge in [0, 0.05) is 24.1 Å². The summed E-state index contributed by atoms with van der Waals surface area (Å²) in [6.45, 7) is 2.39. The summed E-state index contributed by atoms with van der Waals surface area (Å²) in [6, 6.07) is 4.55. The first kappa shape index (κ1) is 13.2. The monoisotopic (exact) mass is 262 g/mol. The molecule has 0 aliphatic rings. The van der Waals surface area contributed by atoms with Crippen LogP contribution in [0.2, 0.25) is 0 Å². The van der Waals surface area contributed by atoms with Crippen LogP contribution in [0.3, 0.4) is 0 Å². The van der Waals surface area contributed by atoms with E-state index < -0.39 is 4.92 Å². The minimum absolute atomic E-state index is 0.00214. The lowest BCUT2D eigenvalue weighted by atomic mass is 10.1. The summed E-state index contributed by atoms with van der Waals surface area (Å²) in [6.07, 6.45) is 1.40. The lowest BCUT2D eigenvalue weighted by Crippen LogP contribution is -2.01. The van der Waals surface area contributed by atoms with Gasteiger partial charge in [-0.3, -0.25) is 10.1 Å². The maximum atomic E-state index is 10.8. The SMILES string of the molecule is Cc1ccc([N+](=O)[O-])cc1-c1nc(CCCN)no1. The maximum absolute atomic E-state index is 10.8. The Morgan fingerprint density at radius 3 is 2.95 bits per heavy atom. The zero-order valence-corrected chi connectivity index (χ0v) is 10.5. The van der Waals surface area contributed by atoms with Crippen molar-refractivity contribution in [2.24, 2.45) is 5.73 Å². The second kappa shape index (κ2) is 5.57. The molecular weight excluding hydrogens is 248 g/mol. The molecule has 100 valence electrons. The molecule has 0 saturated heterocycles. The van der Waals surface area contributed by atoms with Gasteiger partial charge in [0.2, 0.25) is 0 Å². The quantitative estimate of drug-likeness (QED) is 0.650. The lowest BCUT2D eigenvalue weighted by Gasteiger charge is -1.99. The standard InChI is InChI=1S/C12H14N4O3/c1-8-4-5-9(16(17)18)7-10(8)12-14-11(15-19-12)3-2-6-13/h4-5,7H,2-3,6,13H2,1H3. The van der Waals surface area contributed by atoms with Crippen molar-refractivity contribution in [2.45, 2.75) is 19.8 Å². The Kier molecular flexibility index (Phi) is 3.86. The van der Waals surface area contributed by atoms with E-state index in [4.69, 9.17) is 10.3 Å². The largest absolute Gasteiger partial charge is 0.334 e. The second-order valence-electron chi connectivity index (χ2n) is 4.16. The van der Waals surface area contributed by atoms with Crippen molar-refractivity contribution in [3.63, 3.8) is 0 Å². The van der Waals surface area contributed by atoms with Gasteiger partial charge in [-0.15, -0.1) is 0 Å². The zero-order valence-electron chi connectivity index (χ0n) is 10.5. The first-order valence-electron chi connectivity index (χ1n) is 5.90. The normalized spacial score (nSPS) is 10.6. The first-order chi connectivity index (χ1) is 9.11. The molecule has 7 heteroatoms. The maximum Gasteiger partial charge on any atom is 0.270 e. The highest BCUT2D eigenvalue weighted by Crippen LogP contribution is 2.26. The van der Waals surface area contributed by atoms with Gasteiger partial charge in [0.15, 0.2) is 5.82 Å². The van der Waals surface area contributed by atoms with Crippen molar-refractivity contribution in [3.05, 3.63) is 39.7 Å². The molecular formula is C12H14N4O3. The van der Waals surface area contributed by atoms with E-state index in [0.29, 0.717) is 30.2 Å². The molecule has 2 aromatic rings. The average Bonchev–Trinajstić information content (AvgIpc) is 2.85. The molecule has 1 aromatic heterocycles. The van der Waals surface area contributed by atoms with Crippen molar-refractivity contribution >= 4 is 5.69 Å². The molecule has 0 aliphatic carbocycles. The molecule has 0 amide bonds. The van der Waals surface area contributed by atoms with E-state index in [1.807, 2.05) is 6.92 Å². The highest BCUT2D eigenvalue weighted by Gasteiger charge is 2.15. The van der Waals surface area contributed by atoms with Crippen LogP contribution in [0.25, 0.3) is 11.5 Å². The minimum Gasteiger partial charge on any atom is -0.334 e. The zero-order chi connectivity index (χ0) is 13.8. The number of hydrogen-bond donors (Lipinski definition) is 1. The van der Waals surface area contributed by atoms with E-state index in [1.54, 1.807) is 6.07 Å². The molecule has 1 aromatic carbocycles. The van der Waals surface area contributed by atoms with E-state index in [0.717, 1.165) is 12.0 Å². The molecule has 2 N–H and O–H groups in total. The van der Waals surface area contributed by atoms with E-state index >= 15 is 0 Å². The molecule has 2 rings (SSSR count). The molecule has 0 radical (unpaired) electrons. The first-order valence-corrected chi connectivity index (χ1v) is 5.90. The number of nitrogens with zero attached hydrogens (tertiary/aromatic N) is 3. The Balaban J connectivity index is 2.32. The molecule has 0 spiro atoms. The number of non-ortho nitro benzene ring substituents is 1. The third-order valence-corrected chi connectivity index (χ3v) is 2.73. The van der Waals surface area contributed by atoms with E-state index in [2.05, 4.69) is 10.1 Å². The fourth-order valence-corrected chi connectivity index (χ4v) is 1.68. The highest BCUT2D eigenvalue weighted by molar-refractivity contribution is 5.62. The van der Waals surface area contributed by atoms with Crippen molar-refractivity contribution in [1.82, 2.24) is 10.1 Å². The van der Waals surface area contributed by atoms with Gasteiger partial charge in [-0.25, -0.2) is 0 Å². The summed E-state index contributed by atoms with van der Waals surface area (Å²) in [7, 11) is 0. The smallest absolute Gasteiger partial charge is 0.270 e. The Morgan fingerprint density at radius 1 is 1.47 bits per heavy atom. The summed E-state index contributed by atoms with van der Waals surface area (Å²) in [5.41, 5.74) is 6.84. The van der Waals surface area contributed by atoms with Crippen molar-refractivity contribution < 1.29 is 9.45 Å². The second-order valence-corrected chi connectivity index (χ2v) is 4.16. The van der Waals surface area contributed by atoms with Crippen molar-refractivity contribution in [2.75, 3.05) is 6.54 Å². The van der Waals surface area contributed by atoms with Crippen LogP contribution in [-0.2, 0) is 6.42 Å². The molecule has 1 heterocycles. The van der Waals surface area contributed by atoms with Crippen LogP contribution < -0.4 is 5.73 Å². The Morgan fingerprint density at radius 2 is 2.26 bits per heavy atom. The number of nitro benzene ring substituents is 1. The number of hydrogen-bond acceptors (Lipinski definition) is 6. The predicted octanol–water partition coefficient (Wildman–Crippen LogP) is 1.84. The Hall–Kier alpha value is -2.28. The van der Waals surface area contributed by atoms with Gasteiger partial charge in [-0.2, -0.15) is 4.98 Å². The fraction of sp³-hybridized carbons (Fsp3) is 0.333. The summed E-state index contributed by atoms with van der Waals surface area (Å²) < 4.78 is 5.14. The summed E-state index contributed by atoms with van der Waals surface area (Å²) >= 11 is 0. The lowest BCUT2D eigenvalue weighted by molar-refractivity contribution is -0.384. The van der Waals surface area contributed by atoms with Crippen LogP contribution >= 0.6 is 0 Å². The van der Waals surface area contributed by atoms with E-state index in [-0.39, 0.29) is 5.69 Å². The van der Waals surface area contributed by atoms with Gasteiger partial charge in [0.1, 0.15) is 0 Å². The van der Waals surface area contributed by atoms with Crippen molar-refractivity contribution in [3.8, 4) is 11.5 Å². The number of nitrogens with two attached hydrogens (primary N) is 1. The fourth-order valence-electron chi connectivity index (χ4n) is 1.68. The van der Waals surface area contributed by atoms with Crippen LogP contribution in [0.1, 0.15) is 17.8 Å². The highest BCUT2D eigenvalue weighted by atomic mass is 16.6. The number of benzene rings is 1. The molecule has 0 saturated carbocycles. The van der Waals surface area contributed by atoms with Crippen LogP contribution in [0, 0.1) is 17.0 Å². The summed E-state index contributed by atoms with van der Waals surface area (Å²) in [4.78, 5) is 14.5. The number of aromatic nitrogens is 2. The molecule has 0 atom stereocenters. The van der Waals surface area contributed by atoms with Gasteiger partial charge < -0.3 is 10.3 Å². The molecule has 0 unspecified atom stereocenters. The van der Waals surface area contributed by atoms with Gasteiger partial charge in [0.05, 0.1) is 4.92 Å². The summed E-state index contributed by atoms with van der Waals surface area (Å²) in [5, 5.41) is 14.6.